The molecule has 0 unspecified atom stereocenters. The van der Waals surface area contributed by atoms with Crippen molar-refractivity contribution in [2.24, 2.45) is 0 Å². The Kier molecular flexibility index (Phi) is 3.60. The number of hydrogen-bond donors (Lipinski definition) is 0. The highest BCUT2D eigenvalue weighted by molar-refractivity contribution is 7.92. The molecule has 2 aliphatic heterocycles. The van der Waals surface area contributed by atoms with Crippen LogP contribution in [0, 0.1) is 5.82 Å². The van der Waals surface area contributed by atoms with Crippen molar-refractivity contribution in [1.82, 2.24) is 0 Å². The molecule has 0 amide bonds. The lowest BCUT2D eigenvalue weighted by Crippen LogP contribution is -2.47. The van der Waals surface area contributed by atoms with Gasteiger partial charge in [0.15, 0.2) is 0 Å². The van der Waals surface area contributed by atoms with Crippen LogP contribution in [0.15, 0.2) is 42.5 Å². The van der Waals surface area contributed by atoms with Crippen LogP contribution in [0.1, 0.15) is 5.56 Å². The Morgan fingerprint density at radius 3 is 2.62 bits per heavy atom. The molecule has 0 spiro atoms. The van der Waals surface area contributed by atoms with Crippen LogP contribution in [0.5, 0.6) is 5.75 Å². The van der Waals surface area contributed by atoms with Crippen LogP contribution < -0.4 is 13.9 Å². The molecular weight excluding hydrogens is 331 g/mol. The summed E-state index contributed by atoms with van der Waals surface area (Å²) in [6.07, 6.45) is 0. The normalized spacial score (nSPS) is 16.5. The number of ether oxygens (including phenoxy) is 1. The minimum Gasteiger partial charge on any atom is -0.489 e. The number of rotatable bonds is 3. The minimum absolute atomic E-state index is 0.155. The van der Waals surface area contributed by atoms with Crippen molar-refractivity contribution in [2.75, 3.05) is 35.4 Å². The second-order valence-electron chi connectivity index (χ2n) is 5.91. The van der Waals surface area contributed by atoms with Crippen LogP contribution >= 0.6 is 0 Å². The molecule has 24 heavy (non-hydrogen) atoms. The zero-order valence-electron chi connectivity index (χ0n) is 13.0. The third-order valence-electron chi connectivity index (χ3n) is 4.35. The van der Waals surface area contributed by atoms with Gasteiger partial charge in [-0.3, -0.25) is 4.31 Å². The Hall–Kier alpha value is -2.28. The second-order valence-corrected chi connectivity index (χ2v) is 7.81. The smallest absolute Gasteiger partial charge is 0.239 e. The van der Waals surface area contributed by atoms with Gasteiger partial charge in [-0.2, -0.15) is 0 Å². The first kappa shape index (κ1) is 15.3. The molecule has 4 rings (SSSR count). The molecule has 2 heterocycles. The first-order valence-electron chi connectivity index (χ1n) is 7.80. The van der Waals surface area contributed by atoms with E-state index in [1.807, 2.05) is 18.2 Å². The molecular formula is C17H17FN2O3S. The van der Waals surface area contributed by atoms with E-state index >= 15 is 0 Å². The summed E-state index contributed by atoms with van der Waals surface area (Å²) >= 11 is 0. The third-order valence-corrected chi connectivity index (χ3v) is 6.10. The van der Waals surface area contributed by atoms with Crippen molar-refractivity contribution < 1.29 is 17.5 Å². The van der Waals surface area contributed by atoms with Crippen molar-refractivity contribution in [3.05, 3.63) is 53.8 Å². The number of hydrogen-bond acceptors (Lipinski definition) is 4. The summed E-state index contributed by atoms with van der Waals surface area (Å²) in [6, 6.07) is 11.0. The molecule has 0 fully saturated rings. The molecule has 0 radical (unpaired) electrons. The lowest BCUT2D eigenvalue weighted by molar-refractivity contribution is 0.307. The lowest BCUT2D eigenvalue weighted by Gasteiger charge is -2.41. The van der Waals surface area contributed by atoms with E-state index in [9.17, 15) is 12.8 Å². The zero-order valence-corrected chi connectivity index (χ0v) is 13.8. The molecule has 126 valence electrons. The summed E-state index contributed by atoms with van der Waals surface area (Å²) in [7, 11) is -3.56. The monoisotopic (exact) mass is 348 g/mol. The molecule has 0 aliphatic carbocycles. The number of benzene rings is 2. The van der Waals surface area contributed by atoms with E-state index in [4.69, 9.17) is 4.74 Å². The molecule has 2 aromatic rings. The van der Waals surface area contributed by atoms with Gasteiger partial charge in [-0.15, -0.1) is 0 Å². The Morgan fingerprint density at radius 2 is 1.83 bits per heavy atom. The van der Waals surface area contributed by atoms with E-state index < -0.39 is 10.0 Å². The number of sulfonamides is 1. The topological polar surface area (TPSA) is 49.9 Å². The van der Waals surface area contributed by atoms with Gasteiger partial charge in [0.05, 0.1) is 24.5 Å². The molecule has 7 heteroatoms. The summed E-state index contributed by atoms with van der Waals surface area (Å²) in [6.45, 7) is 2.41. The summed E-state index contributed by atoms with van der Waals surface area (Å²) in [5.41, 5.74) is 2.07. The maximum Gasteiger partial charge on any atom is 0.239 e. The first-order chi connectivity index (χ1) is 11.5. The molecule has 2 aromatic carbocycles. The summed E-state index contributed by atoms with van der Waals surface area (Å²) in [5, 5.41) is 0. The predicted octanol–water partition coefficient (Wildman–Crippen LogP) is 2.37. The minimum atomic E-state index is -3.56. The summed E-state index contributed by atoms with van der Waals surface area (Å²) in [5.74, 6) is 0.192. The molecule has 0 atom stereocenters. The average molecular weight is 348 g/mol. The predicted molar refractivity (Wildman–Crippen MR) is 90.5 cm³/mol. The fourth-order valence-electron chi connectivity index (χ4n) is 3.24. The van der Waals surface area contributed by atoms with Crippen molar-refractivity contribution in [3.63, 3.8) is 0 Å². The summed E-state index contributed by atoms with van der Waals surface area (Å²) < 4.78 is 45.9. The number of halogens is 1. The second kappa shape index (κ2) is 5.66. The number of anilines is 2. The van der Waals surface area contributed by atoms with E-state index in [-0.39, 0.29) is 11.6 Å². The van der Waals surface area contributed by atoms with E-state index in [1.165, 1.54) is 28.6 Å². The maximum atomic E-state index is 13.0. The van der Waals surface area contributed by atoms with Gasteiger partial charge in [0.1, 0.15) is 23.9 Å². The van der Waals surface area contributed by atoms with Crippen molar-refractivity contribution in [3.8, 4) is 5.75 Å². The highest BCUT2D eigenvalue weighted by Crippen LogP contribution is 2.43. The van der Waals surface area contributed by atoms with Gasteiger partial charge >= 0.3 is 0 Å². The van der Waals surface area contributed by atoms with Crippen LogP contribution in [-0.2, 0) is 15.8 Å². The number of para-hydroxylation sites is 1. The zero-order chi connectivity index (χ0) is 16.7. The molecule has 2 aliphatic rings. The average Bonchev–Trinajstić information content (AvgIpc) is 2.57. The van der Waals surface area contributed by atoms with E-state index in [2.05, 4.69) is 4.90 Å². The highest BCUT2D eigenvalue weighted by atomic mass is 32.2. The van der Waals surface area contributed by atoms with E-state index in [1.54, 1.807) is 0 Å². The fraction of sp³-hybridized carbons (Fsp3) is 0.294. The SMILES string of the molecule is O=S(=O)(Cc1ccc(F)cc1)N1CCN2CCOc3cccc1c32. The van der Waals surface area contributed by atoms with Gasteiger partial charge in [0.2, 0.25) is 10.0 Å². The maximum absolute atomic E-state index is 13.0. The largest absolute Gasteiger partial charge is 0.489 e. The first-order valence-corrected chi connectivity index (χ1v) is 9.41. The van der Waals surface area contributed by atoms with Crippen molar-refractivity contribution in [2.45, 2.75) is 5.75 Å². The van der Waals surface area contributed by atoms with Crippen LogP contribution in [-0.4, -0.2) is 34.7 Å². The summed E-state index contributed by atoms with van der Waals surface area (Å²) in [4.78, 5) is 2.16. The van der Waals surface area contributed by atoms with Crippen LogP contribution in [0.3, 0.4) is 0 Å². The molecule has 0 aromatic heterocycles. The molecule has 0 saturated heterocycles. The third kappa shape index (κ3) is 2.58. The van der Waals surface area contributed by atoms with Crippen molar-refractivity contribution >= 4 is 21.4 Å². The molecule has 0 bridgehead atoms. The van der Waals surface area contributed by atoms with Gasteiger partial charge < -0.3 is 9.64 Å². The fourth-order valence-corrected chi connectivity index (χ4v) is 4.81. The van der Waals surface area contributed by atoms with Gasteiger partial charge in [0, 0.05) is 6.54 Å². The highest BCUT2D eigenvalue weighted by Gasteiger charge is 2.34. The Bertz CT molecular complexity index is 868. The van der Waals surface area contributed by atoms with Crippen molar-refractivity contribution in [1.29, 1.82) is 0 Å². The standard InChI is InChI=1S/C17H17FN2O3S/c18-14-6-4-13(5-7-14)12-24(21,22)20-9-8-19-10-11-23-16-3-1-2-15(20)17(16)19/h1-7H,8-12H2. The molecule has 0 saturated carbocycles. The van der Waals surface area contributed by atoms with E-state index in [0.717, 1.165) is 18.0 Å². The van der Waals surface area contributed by atoms with E-state index in [0.29, 0.717) is 30.9 Å². The van der Waals surface area contributed by atoms with Gasteiger partial charge in [-0.05, 0) is 29.8 Å². The van der Waals surface area contributed by atoms with Crippen LogP contribution in [0.4, 0.5) is 15.8 Å². The van der Waals surface area contributed by atoms with Crippen LogP contribution in [0.25, 0.3) is 0 Å². The Labute approximate surface area is 140 Å². The molecule has 0 N–H and O–H groups in total. The lowest BCUT2D eigenvalue weighted by atomic mass is 10.1. The Balaban J connectivity index is 1.70. The molecule has 5 nitrogen and oxygen atoms in total. The number of nitrogens with zero attached hydrogens (tertiary/aromatic N) is 2. The van der Waals surface area contributed by atoms with Gasteiger partial charge in [-0.25, -0.2) is 12.8 Å². The van der Waals surface area contributed by atoms with Crippen LogP contribution in [0.2, 0.25) is 0 Å². The van der Waals surface area contributed by atoms with Gasteiger partial charge in [0.25, 0.3) is 0 Å². The Morgan fingerprint density at radius 1 is 1.04 bits per heavy atom. The van der Waals surface area contributed by atoms with Gasteiger partial charge in [-0.1, -0.05) is 18.2 Å². The quantitative estimate of drug-likeness (QED) is 0.855.